The standard InChI is InChI=1S/C22H18F3N7O2/c23-22(24,25)17-2-1-3-18(8-17)29-21(33)30-20-12-32(31-34-20)19(9-26)15-6-4-14(5-7-15)16-10-27-13-28-11-16/h1-8,10-13,19H,9,26H2,(H-,29,30,31,33)/t19-/m0/s1. The van der Waals surface area contributed by atoms with Gasteiger partial charge < -0.3 is 16.2 Å². The molecule has 0 aliphatic rings. The lowest BCUT2D eigenvalue weighted by Gasteiger charge is -2.14. The SMILES string of the molecule is NC[C@@H](c1ccc(-c2cncnc2)cc1)[n+]1cc(N=C([O-])Nc2cccc(C(F)(F)F)c2)on1. The van der Waals surface area contributed by atoms with Crippen molar-refractivity contribution in [1.29, 1.82) is 0 Å². The summed E-state index contributed by atoms with van der Waals surface area (Å²) in [6, 6.07) is 10.4. The molecule has 4 aromatic rings. The lowest BCUT2D eigenvalue weighted by molar-refractivity contribution is -0.775. The highest BCUT2D eigenvalue weighted by Crippen LogP contribution is 2.30. The van der Waals surface area contributed by atoms with Crippen molar-refractivity contribution in [1.82, 2.24) is 15.2 Å². The molecular formula is C22H18F3N7O2. The van der Waals surface area contributed by atoms with Crippen molar-refractivity contribution in [2.75, 3.05) is 11.9 Å². The Labute approximate surface area is 191 Å². The first-order chi connectivity index (χ1) is 16.3. The number of nitrogens with two attached hydrogens (primary N) is 1. The molecule has 0 fully saturated rings. The normalized spacial score (nSPS) is 13.0. The van der Waals surface area contributed by atoms with E-state index in [-0.39, 0.29) is 18.1 Å². The highest BCUT2D eigenvalue weighted by molar-refractivity contribution is 5.87. The fourth-order valence-corrected chi connectivity index (χ4v) is 3.21. The largest absolute Gasteiger partial charge is 0.846 e. The maximum atomic E-state index is 12.8. The summed E-state index contributed by atoms with van der Waals surface area (Å²) in [4.78, 5) is 11.7. The van der Waals surface area contributed by atoms with Crippen LogP contribution in [0.1, 0.15) is 17.2 Å². The van der Waals surface area contributed by atoms with Gasteiger partial charge in [-0.2, -0.15) is 13.2 Å². The van der Waals surface area contributed by atoms with Crippen LogP contribution in [0.15, 0.2) is 83.0 Å². The van der Waals surface area contributed by atoms with Crippen molar-refractivity contribution in [3.63, 3.8) is 0 Å². The first kappa shape index (κ1) is 22.9. The van der Waals surface area contributed by atoms with Crippen LogP contribution in [0.5, 0.6) is 0 Å². The third kappa shape index (κ3) is 5.35. The average Bonchev–Trinajstić information content (AvgIpc) is 3.28. The van der Waals surface area contributed by atoms with Gasteiger partial charge in [0.05, 0.1) is 18.1 Å². The molecule has 1 atom stereocenters. The van der Waals surface area contributed by atoms with Crippen LogP contribution in [-0.4, -0.2) is 27.8 Å². The van der Waals surface area contributed by atoms with E-state index in [0.717, 1.165) is 28.8 Å². The molecule has 174 valence electrons. The number of hydrogen-bond acceptors (Lipinski definition) is 7. The number of hydrogen-bond donors (Lipinski definition) is 2. The van der Waals surface area contributed by atoms with Gasteiger partial charge in [0.2, 0.25) is 11.3 Å². The number of benzene rings is 2. The summed E-state index contributed by atoms with van der Waals surface area (Å²) >= 11 is 0. The summed E-state index contributed by atoms with van der Waals surface area (Å²) in [6.45, 7) is 0.181. The molecule has 2 heterocycles. The third-order valence-electron chi connectivity index (χ3n) is 4.86. The zero-order valence-corrected chi connectivity index (χ0v) is 17.5. The zero-order valence-electron chi connectivity index (χ0n) is 17.5. The van der Waals surface area contributed by atoms with Gasteiger partial charge in [-0.3, -0.25) is 4.52 Å². The Bertz CT molecular complexity index is 1280. The summed E-state index contributed by atoms with van der Waals surface area (Å²) in [5, 5.41) is 18.3. The van der Waals surface area contributed by atoms with Crippen LogP contribution < -0.4 is 20.8 Å². The number of amidine groups is 1. The van der Waals surface area contributed by atoms with Crippen LogP contribution in [-0.2, 0) is 6.18 Å². The molecule has 34 heavy (non-hydrogen) atoms. The van der Waals surface area contributed by atoms with Crippen molar-refractivity contribution in [3.8, 4) is 11.1 Å². The van der Waals surface area contributed by atoms with Crippen LogP contribution in [0.25, 0.3) is 11.1 Å². The van der Waals surface area contributed by atoms with Crippen molar-refractivity contribution in [2.24, 2.45) is 10.7 Å². The van der Waals surface area contributed by atoms with Crippen molar-refractivity contribution in [3.05, 3.63) is 84.6 Å². The summed E-state index contributed by atoms with van der Waals surface area (Å²) in [7, 11) is 0. The highest BCUT2D eigenvalue weighted by Gasteiger charge is 2.30. The second-order valence-electron chi connectivity index (χ2n) is 7.14. The van der Waals surface area contributed by atoms with Crippen molar-refractivity contribution >= 4 is 17.6 Å². The molecule has 0 bridgehead atoms. The summed E-state index contributed by atoms with van der Waals surface area (Å²) < 4.78 is 45.0. The van der Waals surface area contributed by atoms with Gasteiger partial charge in [0.15, 0.2) is 0 Å². The molecule has 0 saturated carbocycles. The molecule has 0 unspecified atom stereocenters. The lowest BCUT2D eigenvalue weighted by atomic mass is 10.0. The molecule has 0 spiro atoms. The van der Waals surface area contributed by atoms with Gasteiger partial charge in [0.1, 0.15) is 6.33 Å². The first-order valence-corrected chi connectivity index (χ1v) is 9.97. The van der Waals surface area contributed by atoms with E-state index in [9.17, 15) is 18.3 Å². The minimum Gasteiger partial charge on any atom is -0.846 e. The predicted molar refractivity (Wildman–Crippen MR) is 114 cm³/mol. The molecule has 0 aliphatic heterocycles. The molecular weight excluding hydrogens is 451 g/mol. The minimum atomic E-state index is -4.53. The van der Waals surface area contributed by atoms with Crippen molar-refractivity contribution in [2.45, 2.75) is 12.2 Å². The summed E-state index contributed by atoms with van der Waals surface area (Å²) in [5.41, 5.74) is 7.60. The zero-order chi connectivity index (χ0) is 24.1. The highest BCUT2D eigenvalue weighted by atomic mass is 19.4. The van der Waals surface area contributed by atoms with Gasteiger partial charge in [-0.05, 0) is 28.4 Å². The van der Waals surface area contributed by atoms with Crippen LogP contribution in [0.3, 0.4) is 0 Å². The minimum absolute atomic E-state index is 0.0558. The Kier molecular flexibility index (Phi) is 6.50. The summed E-state index contributed by atoms with van der Waals surface area (Å²) in [5.74, 6) is -0.138. The van der Waals surface area contributed by atoms with E-state index in [4.69, 9.17) is 10.3 Å². The van der Waals surface area contributed by atoms with Gasteiger partial charge in [-0.25, -0.2) is 15.0 Å². The molecule has 0 aliphatic carbocycles. The maximum Gasteiger partial charge on any atom is 0.416 e. The smallest absolute Gasteiger partial charge is 0.416 e. The average molecular weight is 469 g/mol. The number of anilines is 1. The third-order valence-corrected chi connectivity index (χ3v) is 4.86. The predicted octanol–water partition coefficient (Wildman–Crippen LogP) is 2.45. The fourth-order valence-electron chi connectivity index (χ4n) is 3.21. The number of nitrogens with one attached hydrogen (secondary N) is 1. The summed E-state index contributed by atoms with van der Waals surface area (Å²) in [6.07, 6.45) is 1.70. The van der Waals surface area contributed by atoms with Crippen LogP contribution in [0, 0.1) is 0 Å². The lowest BCUT2D eigenvalue weighted by Crippen LogP contribution is -2.45. The number of rotatable bonds is 6. The Hall–Kier alpha value is -4.32. The quantitative estimate of drug-likeness (QED) is 0.252. The van der Waals surface area contributed by atoms with E-state index >= 15 is 0 Å². The van der Waals surface area contributed by atoms with E-state index in [1.807, 2.05) is 24.3 Å². The number of halogens is 3. The molecule has 4 rings (SSSR count). The number of aromatic nitrogens is 4. The molecule has 3 N–H and O–H groups in total. The van der Waals surface area contributed by atoms with E-state index in [1.54, 1.807) is 12.4 Å². The van der Waals surface area contributed by atoms with Gasteiger partial charge in [-0.15, -0.1) is 0 Å². The number of aliphatic imine (C=N–C) groups is 1. The number of alkyl halides is 3. The Morgan fingerprint density at radius 1 is 1.12 bits per heavy atom. The fraction of sp³-hybridized carbons (Fsp3) is 0.136. The van der Waals surface area contributed by atoms with Crippen molar-refractivity contribution < 1.29 is 27.5 Å². The van der Waals surface area contributed by atoms with Gasteiger partial charge in [0.25, 0.3) is 6.20 Å². The second kappa shape index (κ2) is 9.67. The van der Waals surface area contributed by atoms with E-state index in [2.05, 4.69) is 25.5 Å². The Morgan fingerprint density at radius 3 is 2.53 bits per heavy atom. The van der Waals surface area contributed by atoms with Gasteiger partial charge in [0, 0.05) is 29.2 Å². The van der Waals surface area contributed by atoms with E-state index in [1.165, 1.54) is 29.3 Å². The monoisotopic (exact) mass is 469 g/mol. The van der Waals surface area contributed by atoms with Crippen LogP contribution >= 0.6 is 0 Å². The van der Waals surface area contributed by atoms with Gasteiger partial charge >= 0.3 is 12.1 Å². The van der Waals surface area contributed by atoms with Gasteiger partial charge in [-0.1, -0.05) is 30.3 Å². The second-order valence-corrected chi connectivity index (χ2v) is 7.14. The number of nitrogens with zero attached hydrogens (tertiary/aromatic N) is 5. The molecule has 12 heteroatoms. The molecule has 9 nitrogen and oxygen atoms in total. The van der Waals surface area contributed by atoms with E-state index < -0.39 is 23.8 Å². The molecule has 2 aromatic heterocycles. The Morgan fingerprint density at radius 2 is 1.85 bits per heavy atom. The molecule has 0 amide bonds. The van der Waals surface area contributed by atoms with Crippen LogP contribution in [0.2, 0.25) is 0 Å². The maximum absolute atomic E-state index is 12.8. The topological polar surface area (TPSA) is 129 Å². The van der Waals surface area contributed by atoms with Crippen LogP contribution in [0.4, 0.5) is 24.7 Å². The Balaban J connectivity index is 1.49. The van der Waals surface area contributed by atoms with E-state index in [0.29, 0.717) is 0 Å². The molecule has 2 aromatic carbocycles. The molecule has 0 saturated heterocycles. The molecule has 0 radical (unpaired) electrons. The first-order valence-electron chi connectivity index (χ1n) is 9.97.